The molecule has 0 radical (unpaired) electrons. The highest BCUT2D eigenvalue weighted by Gasteiger charge is 2.33. The first-order chi connectivity index (χ1) is 9.04. The van der Waals surface area contributed by atoms with E-state index in [1.165, 1.54) is 12.1 Å². The van der Waals surface area contributed by atoms with Crippen molar-refractivity contribution in [3.05, 3.63) is 47.8 Å². The van der Waals surface area contributed by atoms with Crippen molar-refractivity contribution in [1.29, 1.82) is 0 Å². The Bertz CT molecular complexity index is 499. The van der Waals surface area contributed by atoms with Crippen LogP contribution in [0.5, 0.6) is 0 Å². The molecule has 1 fully saturated rings. The third kappa shape index (κ3) is 2.35. The van der Waals surface area contributed by atoms with Crippen LogP contribution in [0.15, 0.2) is 41.7 Å². The molecule has 0 saturated carbocycles. The summed E-state index contributed by atoms with van der Waals surface area (Å²) >= 11 is 0. The normalized spacial score (nSPS) is 25.7. The molecule has 2 unspecified atom stereocenters. The largest absolute Gasteiger partial charge is 0.416 e. The van der Waals surface area contributed by atoms with Gasteiger partial charge in [0.05, 0.1) is 17.6 Å². The van der Waals surface area contributed by atoms with Crippen LogP contribution in [0.3, 0.4) is 0 Å². The van der Waals surface area contributed by atoms with Crippen molar-refractivity contribution in [3.8, 4) is 0 Å². The van der Waals surface area contributed by atoms with Gasteiger partial charge in [0.1, 0.15) is 0 Å². The lowest BCUT2D eigenvalue weighted by Gasteiger charge is -2.21. The fourth-order valence-electron chi connectivity index (χ4n) is 2.34. The number of nitrogens with one attached hydrogen (secondary N) is 1. The van der Waals surface area contributed by atoms with Crippen molar-refractivity contribution in [1.82, 2.24) is 10.4 Å². The lowest BCUT2D eigenvalue weighted by molar-refractivity contribution is -0.137. The Morgan fingerprint density at radius 2 is 1.95 bits per heavy atom. The number of hydrogen-bond acceptors (Lipinski definition) is 3. The smallest absolute Gasteiger partial charge is 0.305 e. The number of rotatable bonds is 1. The van der Waals surface area contributed by atoms with Gasteiger partial charge in [0.25, 0.3) is 0 Å². The molecule has 19 heavy (non-hydrogen) atoms. The number of alkyl halides is 3. The molecule has 1 N–H and O–H groups in total. The number of aliphatic imine (C=N–C) groups is 1. The van der Waals surface area contributed by atoms with Crippen LogP contribution in [0.25, 0.3) is 0 Å². The van der Waals surface area contributed by atoms with Crippen LogP contribution < -0.4 is 5.43 Å². The molecule has 2 aliphatic heterocycles. The van der Waals surface area contributed by atoms with Crippen LogP contribution in [0, 0.1) is 0 Å². The van der Waals surface area contributed by atoms with Gasteiger partial charge >= 0.3 is 6.18 Å². The molecule has 0 amide bonds. The summed E-state index contributed by atoms with van der Waals surface area (Å²) in [5.74, 6) is 0. The Hall–Kier alpha value is -1.82. The van der Waals surface area contributed by atoms with Crippen molar-refractivity contribution >= 4 is 6.21 Å². The quantitative estimate of drug-likeness (QED) is 0.847. The van der Waals surface area contributed by atoms with Crippen LogP contribution in [0.4, 0.5) is 13.2 Å². The predicted molar refractivity (Wildman–Crippen MR) is 65.2 cm³/mol. The van der Waals surface area contributed by atoms with Crippen molar-refractivity contribution in [3.63, 3.8) is 0 Å². The van der Waals surface area contributed by atoms with E-state index in [0.29, 0.717) is 0 Å². The van der Waals surface area contributed by atoms with Gasteiger partial charge in [-0.3, -0.25) is 4.99 Å². The van der Waals surface area contributed by atoms with Gasteiger partial charge in [-0.05, 0) is 24.1 Å². The monoisotopic (exact) mass is 267 g/mol. The molecule has 2 atom stereocenters. The summed E-state index contributed by atoms with van der Waals surface area (Å²) in [6, 6.07) is 5.48. The van der Waals surface area contributed by atoms with Crippen molar-refractivity contribution in [2.45, 2.75) is 24.7 Å². The van der Waals surface area contributed by atoms with Gasteiger partial charge in [0.15, 0.2) is 0 Å². The van der Waals surface area contributed by atoms with Crippen LogP contribution in [0.1, 0.15) is 23.6 Å². The molecule has 6 heteroatoms. The molecule has 0 aliphatic carbocycles. The number of fused-ring (bicyclic) bond motifs is 1. The minimum absolute atomic E-state index is 0.0153. The summed E-state index contributed by atoms with van der Waals surface area (Å²) < 4.78 is 37.5. The maximum Gasteiger partial charge on any atom is 0.416 e. The fourth-order valence-corrected chi connectivity index (χ4v) is 2.34. The molecule has 1 aromatic rings. The SMILES string of the molecule is FC(F)(F)c1ccc(C2CC3C=NC=CN3N2)cc1. The summed E-state index contributed by atoms with van der Waals surface area (Å²) in [5.41, 5.74) is 3.48. The van der Waals surface area contributed by atoms with Crippen LogP contribution >= 0.6 is 0 Å². The fraction of sp³-hybridized carbons (Fsp3) is 0.308. The first-order valence-corrected chi connectivity index (χ1v) is 5.96. The number of hydrogen-bond donors (Lipinski definition) is 1. The molecule has 100 valence electrons. The van der Waals surface area contributed by atoms with E-state index in [-0.39, 0.29) is 12.1 Å². The summed E-state index contributed by atoms with van der Waals surface area (Å²) in [5, 5.41) is 1.93. The van der Waals surface area contributed by atoms with Crippen molar-refractivity contribution in [2.24, 2.45) is 4.99 Å². The summed E-state index contributed by atoms with van der Waals surface area (Å²) in [6.07, 6.45) is 1.85. The molecule has 2 aliphatic rings. The molecule has 1 aromatic carbocycles. The minimum atomic E-state index is -4.28. The Morgan fingerprint density at radius 1 is 1.21 bits per heavy atom. The number of benzene rings is 1. The highest BCUT2D eigenvalue weighted by Crippen LogP contribution is 2.32. The average molecular weight is 267 g/mol. The third-order valence-electron chi connectivity index (χ3n) is 3.35. The highest BCUT2D eigenvalue weighted by molar-refractivity contribution is 5.67. The first kappa shape index (κ1) is 12.2. The molecule has 2 heterocycles. The molecule has 1 saturated heterocycles. The first-order valence-electron chi connectivity index (χ1n) is 5.96. The van der Waals surface area contributed by atoms with Crippen molar-refractivity contribution in [2.75, 3.05) is 0 Å². The van der Waals surface area contributed by atoms with E-state index in [1.54, 1.807) is 6.20 Å². The average Bonchev–Trinajstić information content (AvgIpc) is 2.81. The third-order valence-corrected chi connectivity index (χ3v) is 3.35. The second kappa shape index (κ2) is 4.38. The Kier molecular flexibility index (Phi) is 2.82. The van der Waals surface area contributed by atoms with E-state index in [1.807, 2.05) is 17.4 Å². The van der Waals surface area contributed by atoms with Crippen LogP contribution in [0.2, 0.25) is 0 Å². The predicted octanol–water partition coefficient (Wildman–Crippen LogP) is 2.88. The molecule has 0 spiro atoms. The molecule has 0 bridgehead atoms. The second-order valence-electron chi connectivity index (χ2n) is 4.61. The standard InChI is InChI=1S/C13H12F3N3/c14-13(15,16)10-3-1-9(2-4-10)12-7-11-8-17-5-6-19(11)18-12/h1-6,8,11-12,18H,7H2. The van der Waals surface area contributed by atoms with E-state index in [2.05, 4.69) is 10.4 Å². The van der Waals surface area contributed by atoms with Gasteiger partial charge in [0.2, 0.25) is 0 Å². The lowest BCUT2D eigenvalue weighted by Crippen LogP contribution is -2.34. The van der Waals surface area contributed by atoms with Gasteiger partial charge < -0.3 is 5.01 Å². The van der Waals surface area contributed by atoms with Gasteiger partial charge in [0, 0.05) is 18.6 Å². The summed E-state index contributed by atoms with van der Waals surface area (Å²) in [4.78, 5) is 4.06. The molecule has 3 rings (SSSR count). The molecule has 3 nitrogen and oxygen atoms in total. The zero-order valence-electron chi connectivity index (χ0n) is 9.93. The molecular weight excluding hydrogens is 255 g/mol. The summed E-state index contributed by atoms with van der Waals surface area (Å²) in [6.45, 7) is 0. The number of halogens is 3. The second-order valence-corrected chi connectivity index (χ2v) is 4.61. The van der Waals surface area contributed by atoms with Crippen LogP contribution in [-0.2, 0) is 6.18 Å². The van der Waals surface area contributed by atoms with Crippen molar-refractivity contribution < 1.29 is 13.2 Å². The van der Waals surface area contributed by atoms with E-state index in [4.69, 9.17) is 0 Å². The number of hydrazine groups is 1. The Labute approximate surface area is 108 Å². The maximum atomic E-state index is 12.5. The van der Waals surface area contributed by atoms with Gasteiger partial charge in [-0.25, -0.2) is 5.43 Å². The zero-order chi connectivity index (χ0) is 13.5. The molecular formula is C13H12F3N3. The van der Waals surface area contributed by atoms with E-state index in [9.17, 15) is 13.2 Å². The highest BCUT2D eigenvalue weighted by atomic mass is 19.4. The topological polar surface area (TPSA) is 27.6 Å². The van der Waals surface area contributed by atoms with Gasteiger partial charge in [-0.1, -0.05) is 12.1 Å². The van der Waals surface area contributed by atoms with E-state index >= 15 is 0 Å². The number of nitrogens with zero attached hydrogens (tertiary/aromatic N) is 2. The Balaban J connectivity index is 1.77. The van der Waals surface area contributed by atoms with Gasteiger partial charge in [-0.2, -0.15) is 13.2 Å². The maximum absolute atomic E-state index is 12.5. The van der Waals surface area contributed by atoms with Gasteiger partial charge in [-0.15, -0.1) is 0 Å². The van der Waals surface area contributed by atoms with Crippen LogP contribution in [-0.4, -0.2) is 17.3 Å². The molecule has 0 aromatic heterocycles. The minimum Gasteiger partial charge on any atom is -0.305 e. The van der Waals surface area contributed by atoms with E-state index in [0.717, 1.165) is 24.1 Å². The van der Waals surface area contributed by atoms with E-state index < -0.39 is 11.7 Å². The Morgan fingerprint density at radius 3 is 2.58 bits per heavy atom. The summed E-state index contributed by atoms with van der Waals surface area (Å²) in [7, 11) is 0. The lowest BCUT2D eigenvalue weighted by atomic mass is 10.0. The zero-order valence-corrected chi connectivity index (χ0v) is 9.93.